The topological polar surface area (TPSA) is 44.4 Å². The smallest absolute Gasteiger partial charge is 0.238 e. The first-order chi connectivity index (χ1) is 9.58. The lowest BCUT2D eigenvalue weighted by Crippen LogP contribution is -2.32. The van der Waals surface area contributed by atoms with Crippen molar-refractivity contribution >= 4 is 11.6 Å². The van der Waals surface area contributed by atoms with Gasteiger partial charge in [0.15, 0.2) is 0 Å². The Balaban J connectivity index is 1.85. The first-order valence-corrected chi connectivity index (χ1v) is 6.70. The molecule has 6 heteroatoms. The minimum atomic E-state index is -0.630. The lowest BCUT2D eigenvalue weighted by molar-refractivity contribution is -0.117. The summed E-state index contributed by atoms with van der Waals surface area (Å²) in [7, 11) is 1.90. The van der Waals surface area contributed by atoms with Gasteiger partial charge in [0.25, 0.3) is 0 Å². The number of anilines is 1. The third-order valence-corrected chi connectivity index (χ3v) is 3.43. The molecule has 1 aliphatic rings. The van der Waals surface area contributed by atoms with Gasteiger partial charge in [0.05, 0.1) is 12.2 Å². The summed E-state index contributed by atoms with van der Waals surface area (Å²) in [5, 5.41) is 5.53. The van der Waals surface area contributed by atoms with E-state index in [9.17, 15) is 13.6 Å². The molecule has 1 heterocycles. The summed E-state index contributed by atoms with van der Waals surface area (Å²) < 4.78 is 26.4. The summed E-state index contributed by atoms with van der Waals surface area (Å²) in [5.74, 6) is -0.982. The molecule has 1 unspecified atom stereocenters. The fourth-order valence-corrected chi connectivity index (χ4v) is 2.50. The Morgan fingerprint density at radius 1 is 1.45 bits per heavy atom. The number of carbonyl (C=O) groups excluding carboxylic acids is 1. The van der Waals surface area contributed by atoms with Gasteiger partial charge in [-0.25, -0.2) is 8.78 Å². The fraction of sp³-hybridized carbons (Fsp3) is 0.500. The molecule has 0 bridgehead atoms. The number of hydrogen-bond acceptors (Lipinski definition) is 3. The van der Waals surface area contributed by atoms with Crippen molar-refractivity contribution in [2.45, 2.75) is 6.42 Å². The second kappa shape index (κ2) is 6.76. The highest BCUT2D eigenvalue weighted by atomic mass is 19.1. The Hall–Kier alpha value is -1.53. The van der Waals surface area contributed by atoms with E-state index in [4.69, 9.17) is 0 Å². The molecule has 20 heavy (non-hydrogen) atoms. The Morgan fingerprint density at radius 3 is 3.00 bits per heavy atom. The molecule has 2 N–H and O–H groups in total. The second-order valence-corrected chi connectivity index (χ2v) is 5.12. The first kappa shape index (κ1) is 14.9. The zero-order valence-corrected chi connectivity index (χ0v) is 11.5. The van der Waals surface area contributed by atoms with Crippen LogP contribution in [0.2, 0.25) is 0 Å². The molecule has 0 aliphatic carbocycles. The third-order valence-electron chi connectivity index (χ3n) is 3.43. The van der Waals surface area contributed by atoms with Gasteiger partial charge in [-0.3, -0.25) is 9.69 Å². The molecule has 1 aromatic carbocycles. The van der Waals surface area contributed by atoms with Crippen molar-refractivity contribution in [2.75, 3.05) is 38.5 Å². The summed E-state index contributed by atoms with van der Waals surface area (Å²) in [5.41, 5.74) is -0.110. The van der Waals surface area contributed by atoms with Crippen molar-refractivity contribution in [3.63, 3.8) is 0 Å². The van der Waals surface area contributed by atoms with Crippen LogP contribution in [0.4, 0.5) is 14.5 Å². The van der Waals surface area contributed by atoms with Crippen molar-refractivity contribution in [3.8, 4) is 0 Å². The number of amides is 1. The average molecular weight is 283 g/mol. The lowest BCUT2D eigenvalue weighted by Gasteiger charge is -2.15. The number of rotatable bonds is 5. The van der Waals surface area contributed by atoms with Crippen molar-refractivity contribution in [2.24, 2.45) is 5.92 Å². The standard InChI is InChI=1S/C14H19F2N3O/c1-17-7-10-4-5-19(8-10)9-14(20)18-13-6-11(15)2-3-12(13)16/h2-3,6,10,17H,4-5,7-9H2,1H3,(H,18,20). The molecule has 1 aliphatic heterocycles. The van der Waals surface area contributed by atoms with E-state index in [1.807, 2.05) is 11.9 Å². The third kappa shape index (κ3) is 3.98. The number of nitrogens with one attached hydrogen (secondary N) is 2. The molecule has 110 valence electrons. The largest absolute Gasteiger partial charge is 0.322 e. The van der Waals surface area contributed by atoms with Gasteiger partial charge in [0.2, 0.25) is 5.91 Å². The maximum Gasteiger partial charge on any atom is 0.238 e. The lowest BCUT2D eigenvalue weighted by atomic mass is 10.1. The summed E-state index contributed by atoms with van der Waals surface area (Å²) in [6.07, 6.45) is 1.04. The van der Waals surface area contributed by atoms with Crippen molar-refractivity contribution in [1.82, 2.24) is 10.2 Å². The minimum Gasteiger partial charge on any atom is -0.322 e. The number of carbonyl (C=O) groups is 1. The van der Waals surface area contributed by atoms with Crippen LogP contribution in [0.25, 0.3) is 0 Å². The number of benzene rings is 1. The SMILES string of the molecule is CNCC1CCN(CC(=O)Nc2cc(F)ccc2F)C1. The molecule has 1 aromatic rings. The van der Waals surface area contributed by atoms with Crippen LogP contribution in [-0.4, -0.2) is 44.0 Å². The zero-order chi connectivity index (χ0) is 14.5. The van der Waals surface area contributed by atoms with Gasteiger partial charge >= 0.3 is 0 Å². The highest BCUT2D eigenvalue weighted by Gasteiger charge is 2.23. The van der Waals surface area contributed by atoms with Gasteiger partial charge in [-0.15, -0.1) is 0 Å². The van der Waals surface area contributed by atoms with Crippen LogP contribution in [-0.2, 0) is 4.79 Å². The Kier molecular flexibility index (Phi) is 5.03. The van der Waals surface area contributed by atoms with Crippen LogP contribution in [0.15, 0.2) is 18.2 Å². The molecule has 1 atom stereocenters. The molecule has 0 aromatic heterocycles. The highest BCUT2D eigenvalue weighted by molar-refractivity contribution is 5.92. The van der Waals surface area contributed by atoms with Crippen LogP contribution >= 0.6 is 0 Å². The van der Waals surface area contributed by atoms with E-state index in [1.165, 1.54) is 0 Å². The predicted molar refractivity (Wildman–Crippen MR) is 73.5 cm³/mol. The van der Waals surface area contributed by atoms with Crippen LogP contribution in [0.3, 0.4) is 0 Å². The Bertz CT molecular complexity index is 481. The minimum absolute atomic E-state index is 0.110. The van der Waals surface area contributed by atoms with Gasteiger partial charge < -0.3 is 10.6 Å². The van der Waals surface area contributed by atoms with Crippen LogP contribution < -0.4 is 10.6 Å². The van der Waals surface area contributed by atoms with Crippen LogP contribution in [0, 0.1) is 17.6 Å². The van der Waals surface area contributed by atoms with E-state index < -0.39 is 11.6 Å². The second-order valence-electron chi connectivity index (χ2n) is 5.12. The van der Waals surface area contributed by atoms with Crippen molar-refractivity contribution in [3.05, 3.63) is 29.8 Å². The van der Waals surface area contributed by atoms with E-state index in [1.54, 1.807) is 0 Å². The summed E-state index contributed by atoms with van der Waals surface area (Å²) in [6, 6.07) is 3.01. The molecule has 0 saturated carbocycles. The molecular formula is C14H19F2N3O. The maximum absolute atomic E-state index is 13.4. The average Bonchev–Trinajstić information content (AvgIpc) is 2.81. The number of hydrogen-bond donors (Lipinski definition) is 2. The summed E-state index contributed by atoms with van der Waals surface area (Å²) in [6.45, 7) is 2.83. The molecule has 1 fully saturated rings. The predicted octanol–water partition coefficient (Wildman–Crippen LogP) is 1.44. The molecule has 4 nitrogen and oxygen atoms in total. The fourth-order valence-electron chi connectivity index (χ4n) is 2.50. The monoisotopic (exact) mass is 283 g/mol. The zero-order valence-electron chi connectivity index (χ0n) is 11.5. The molecule has 1 amide bonds. The molecule has 0 spiro atoms. The number of likely N-dealkylation sites (tertiary alicyclic amines) is 1. The van der Waals surface area contributed by atoms with E-state index in [2.05, 4.69) is 10.6 Å². The van der Waals surface area contributed by atoms with Gasteiger partial charge in [0.1, 0.15) is 11.6 Å². The molecular weight excluding hydrogens is 264 g/mol. The van der Waals surface area contributed by atoms with Crippen molar-refractivity contribution < 1.29 is 13.6 Å². The van der Waals surface area contributed by atoms with E-state index >= 15 is 0 Å². The quantitative estimate of drug-likeness (QED) is 0.859. The van der Waals surface area contributed by atoms with Crippen LogP contribution in [0.1, 0.15) is 6.42 Å². The molecule has 2 rings (SSSR count). The Morgan fingerprint density at radius 2 is 2.25 bits per heavy atom. The highest BCUT2D eigenvalue weighted by Crippen LogP contribution is 2.17. The van der Waals surface area contributed by atoms with E-state index in [0.717, 1.165) is 44.3 Å². The molecule has 0 radical (unpaired) electrons. The van der Waals surface area contributed by atoms with E-state index in [-0.39, 0.29) is 18.1 Å². The Labute approximate surface area is 117 Å². The van der Waals surface area contributed by atoms with Gasteiger partial charge in [-0.2, -0.15) is 0 Å². The number of nitrogens with zero attached hydrogens (tertiary/aromatic N) is 1. The normalized spacial score (nSPS) is 19.2. The molecule has 1 saturated heterocycles. The van der Waals surface area contributed by atoms with E-state index in [0.29, 0.717) is 5.92 Å². The van der Waals surface area contributed by atoms with Gasteiger partial charge in [-0.1, -0.05) is 0 Å². The van der Waals surface area contributed by atoms with Crippen LogP contribution in [0.5, 0.6) is 0 Å². The van der Waals surface area contributed by atoms with Crippen molar-refractivity contribution in [1.29, 1.82) is 0 Å². The number of halogens is 2. The summed E-state index contributed by atoms with van der Waals surface area (Å²) >= 11 is 0. The maximum atomic E-state index is 13.4. The van der Waals surface area contributed by atoms with Gasteiger partial charge in [0, 0.05) is 12.6 Å². The first-order valence-electron chi connectivity index (χ1n) is 6.70. The van der Waals surface area contributed by atoms with Gasteiger partial charge in [-0.05, 0) is 44.6 Å². The summed E-state index contributed by atoms with van der Waals surface area (Å²) in [4.78, 5) is 13.9.